The summed E-state index contributed by atoms with van der Waals surface area (Å²) in [5, 5.41) is 3.30. The molecule has 1 heterocycles. The van der Waals surface area contributed by atoms with Crippen molar-refractivity contribution in [3.05, 3.63) is 77.6 Å². The molecule has 3 rings (SSSR count). The fourth-order valence-electron chi connectivity index (χ4n) is 2.61. The normalized spacial score (nSPS) is 10.6. The first-order valence-electron chi connectivity index (χ1n) is 9.23. The molecule has 3 aromatic rings. The minimum Gasteiger partial charge on any atom is -0.460 e. The molecule has 0 saturated carbocycles. The fourth-order valence-corrected chi connectivity index (χ4v) is 3.41. The van der Waals surface area contributed by atoms with Gasteiger partial charge in [0, 0.05) is 18.1 Å². The molecule has 0 aliphatic rings. The Balaban J connectivity index is 1.46. The Hall–Kier alpha value is -3.06. The summed E-state index contributed by atoms with van der Waals surface area (Å²) in [6.07, 6.45) is 3.57. The van der Waals surface area contributed by atoms with Gasteiger partial charge in [0.15, 0.2) is 5.16 Å². The largest absolute Gasteiger partial charge is 0.460 e. The van der Waals surface area contributed by atoms with Gasteiger partial charge in [0.2, 0.25) is 5.91 Å². The lowest BCUT2D eigenvalue weighted by molar-refractivity contribution is -0.145. The number of nitrogens with one attached hydrogen (secondary N) is 1. The smallest absolute Gasteiger partial charge is 0.325 e. The molecule has 150 valence electrons. The van der Waals surface area contributed by atoms with E-state index in [1.54, 1.807) is 6.20 Å². The van der Waals surface area contributed by atoms with E-state index in [9.17, 15) is 9.59 Å². The summed E-state index contributed by atoms with van der Waals surface area (Å²) >= 11 is 1.32. The summed E-state index contributed by atoms with van der Waals surface area (Å²) in [5.74, 6) is -0.557. The molecule has 0 aliphatic carbocycles. The SMILES string of the molecule is Cc1ccc(-n2ccnc2SCC(=O)NCC(=O)OCc2ccccc2)cc1C. The average Bonchev–Trinajstić information content (AvgIpc) is 3.20. The molecular weight excluding hydrogens is 386 g/mol. The van der Waals surface area contributed by atoms with E-state index in [1.807, 2.05) is 47.2 Å². The maximum absolute atomic E-state index is 12.1. The Kier molecular flexibility index (Phi) is 7.08. The highest BCUT2D eigenvalue weighted by Crippen LogP contribution is 2.22. The van der Waals surface area contributed by atoms with Crippen molar-refractivity contribution in [3.63, 3.8) is 0 Å². The molecule has 6 nitrogen and oxygen atoms in total. The molecule has 7 heteroatoms. The second-order valence-electron chi connectivity index (χ2n) is 6.56. The number of carbonyl (C=O) groups is 2. The third kappa shape index (κ3) is 5.96. The number of thioether (sulfide) groups is 1. The fraction of sp³-hybridized carbons (Fsp3) is 0.227. The second kappa shape index (κ2) is 9.93. The van der Waals surface area contributed by atoms with Crippen LogP contribution in [-0.2, 0) is 20.9 Å². The van der Waals surface area contributed by atoms with Gasteiger partial charge in [-0.05, 0) is 42.7 Å². The molecule has 0 fully saturated rings. The Morgan fingerprint density at radius 3 is 2.66 bits per heavy atom. The van der Waals surface area contributed by atoms with Gasteiger partial charge in [-0.3, -0.25) is 14.2 Å². The number of benzene rings is 2. The van der Waals surface area contributed by atoms with Crippen molar-refractivity contribution in [1.29, 1.82) is 0 Å². The zero-order valence-electron chi connectivity index (χ0n) is 16.4. The summed E-state index contributed by atoms with van der Waals surface area (Å²) in [5.41, 5.74) is 4.32. The molecule has 29 heavy (non-hydrogen) atoms. The second-order valence-corrected chi connectivity index (χ2v) is 7.50. The summed E-state index contributed by atoms with van der Waals surface area (Å²) in [6.45, 7) is 4.17. The Bertz CT molecular complexity index is 986. The summed E-state index contributed by atoms with van der Waals surface area (Å²) in [7, 11) is 0. The van der Waals surface area contributed by atoms with Crippen molar-refractivity contribution in [3.8, 4) is 5.69 Å². The van der Waals surface area contributed by atoms with E-state index in [0.29, 0.717) is 0 Å². The van der Waals surface area contributed by atoms with E-state index in [0.717, 1.165) is 16.4 Å². The van der Waals surface area contributed by atoms with Gasteiger partial charge >= 0.3 is 5.97 Å². The number of nitrogens with zero attached hydrogens (tertiary/aromatic N) is 2. The van der Waals surface area contributed by atoms with Crippen molar-refractivity contribution >= 4 is 23.6 Å². The highest BCUT2D eigenvalue weighted by atomic mass is 32.2. The van der Waals surface area contributed by atoms with Gasteiger partial charge in [-0.15, -0.1) is 0 Å². The van der Waals surface area contributed by atoms with Gasteiger partial charge in [-0.1, -0.05) is 48.2 Å². The first kappa shape index (κ1) is 20.7. The maximum atomic E-state index is 12.1. The number of imidazole rings is 1. The van der Waals surface area contributed by atoms with E-state index in [-0.39, 0.29) is 24.8 Å². The van der Waals surface area contributed by atoms with Crippen LogP contribution in [0.3, 0.4) is 0 Å². The highest BCUT2D eigenvalue weighted by Gasteiger charge is 2.11. The number of aryl methyl sites for hydroxylation is 2. The Labute approximate surface area is 174 Å². The molecule has 1 aromatic heterocycles. The van der Waals surface area contributed by atoms with E-state index >= 15 is 0 Å². The summed E-state index contributed by atoms with van der Waals surface area (Å²) in [6, 6.07) is 15.6. The van der Waals surface area contributed by atoms with Crippen LogP contribution < -0.4 is 5.32 Å². The topological polar surface area (TPSA) is 73.2 Å². The van der Waals surface area contributed by atoms with Crippen molar-refractivity contribution in [2.75, 3.05) is 12.3 Å². The molecule has 0 spiro atoms. The number of hydrogen-bond acceptors (Lipinski definition) is 5. The quantitative estimate of drug-likeness (QED) is 0.456. The lowest BCUT2D eigenvalue weighted by Gasteiger charge is -2.10. The van der Waals surface area contributed by atoms with E-state index in [4.69, 9.17) is 4.74 Å². The molecule has 0 atom stereocenters. The van der Waals surface area contributed by atoms with Crippen LogP contribution in [0.2, 0.25) is 0 Å². The molecule has 0 radical (unpaired) electrons. The third-order valence-electron chi connectivity index (χ3n) is 4.38. The third-order valence-corrected chi connectivity index (χ3v) is 5.35. The van der Waals surface area contributed by atoms with Crippen LogP contribution in [0, 0.1) is 13.8 Å². The van der Waals surface area contributed by atoms with Gasteiger partial charge in [-0.25, -0.2) is 4.98 Å². The van der Waals surface area contributed by atoms with Crippen LogP contribution >= 0.6 is 11.8 Å². The van der Waals surface area contributed by atoms with Crippen LogP contribution in [0.5, 0.6) is 0 Å². The first-order valence-corrected chi connectivity index (χ1v) is 10.2. The number of aromatic nitrogens is 2. The van der Waals surface area contributed by atoms with Gasteiger partial charge in [0.25, 0.3) is 0 Å². The van der Waals surface area contributed by atoms with Crippen molar-refractivity contribution in [1.82, 2.24) is 14.9 Å². The highest BCUT2D eigenvalue weighted by molar-refractivity contribution is 7.99. The van der Waals surface area contributed by atoms with E-state index in [2.05, 4.69) is 36.3 Å². The Morgan fingerprint density at radius 2 is 1.90 bits per heavy atom. The molecule has 2 aromatic carbocycles. The number of amides is 1. The predicted octanol–water partition coefficient (Wildman–Crippen LogP) is 3.44. The lowest BCUT2D eigenvalue weighted by atomic mass is 10.1. The van der Waals surface area contributed by atoms with Crippen LogP contribution in [-0.4, -0.2) is 33.7 Å². The van der Waals surface area contributed by atoms with Crippen LogP contribution in [0.4, 0.5) is 0 Å². The lowest BCUT2D eigenvalue weighted by Crippen LogP contribution is -2.31. The monoisotopic (exact) mass is 409 g/mol. The molecule has 0 unspecified atom stereocenters. The molecule has 1 N–H and O–H groups in total. The number of hydrogen-bond donors (Lipinski definition) is 1. The minimum absolute atomic E-state index is 0.155. The average molecular weight is 410 g/mol. The molecule has 0 aliphatic heterocycles. The molecular formula is C22H23N3O3S. The number of esters is 1. The van der Waals surface area contributed by atoms with Crippen LogP contribution in [0.25, 0.3) is 5.69 Å². The van der Waals surface area contributed by atoms with Crippen molar-refractivity contribution in [2.45, 2.75) is 25.6 Å². The molecule has 1 amide bonds. The first-order chi connectivity index (χ1) is 14.0. The number of rotatable bonds is 8. The minimum atomic E-state index is -0.469. The summed E-state index contributed by atoms with van der Waals surface area (Å²) < 4.78 is 7.09. The van der Waals surface area contributed by atoms with Gasteiger partial charge in [-0.2, -0.15) is 0 Å². The Morgan fingerprint density at radius 1 is 1.10 bits per heavy atom. The zero-order valence-corrected chi connectivity index (χ0v) is 17.2. The maximum Gasteiger partial charge on any atom is 0.325 e. The van der Waals surface area contributed by atoms with E-state index in [1.165, 1.54) is 22.9 Å². The van der Waals surface area contributed by atoms with Crippen LogP contribution in [0.1, 0.15) is 16.7 Å². The van der Waals surface area contributed by atoms with Gasteiger partial charge in [0.1, 0.15) is 13.2 Å². The summed E-state index contributed by atoms with van der Waals surface area (Å²) in [4.78, 5) is 28.2. The number of carbonyl (C=O) groups excluding carboxylic acids is 2. The molecule has 0 saturated heterocycles. The molecule has 0 bridgehead atoms. The van der Waals surface area contributed by atoms with Gasteiger partial charge < -0.3 is 10.1 Å². The standard InChI is InChI=1S/C22H23N3O3S/c1-16-8-9-19(12-17(16)2)25-11-10-23-22(25)29-15-20(26)24-13-21(27)28-14-18-6-4-3-5-7-18/h3-12H,13-15H2,1-2H3,(H,24,26). The van der Waals surface area contributed by atoms with E-state index < -0.39 is 5.97 Å². The number of ether oxygens (including phenoxy) is 1. The van der Waals surface area contributed by atoms with Crippen molar-refractivity contribution < 1.29 is 14.3 Å². The van der Waals surface area contributed by atoms with Crippen molar-refractivity contribution in [2.24, 2.45) is 0 Å². The van der Waals surface area contributed by atoms with Crippen LogP contribution in [0.15, 0.2) is 66.1 Å². The van der Waals surface area contributed by atoms with Gasteiger partial charge in [0.05, 0.1) is 5.75 Å². The predicted molar refractivity (Wildman–Crippen MR) is 113 cm³/mol. The zero-order chi connectivity index (χ0) is 20.6.